The molecule has 2 aromatic carbocycles. The minimum atomic E-state index is -0.359. The van der Waals surface area contributed by atoms with Gasteiger partial charge in [-0.1, -0.05) is 18.2 Å². The molecule has 0 atom stereocenters. The van der Waals surface area contributed by atoms with E-state index in [4.69, 9.17) is 19.3 Å². The lowest BCUT2D eigenvalue weighted by Crippen LogP contribution is -2.54. The Hall–Kier alpha value is -3.29. The van der Waals surface area contributed by atoms with Gasteiger partial charge in [0.1, 0.15) is 11.9 Å². The van der Waals surface area contributed by atoms with Gasteiger partial charge in [-0.05, 0) is 42.0 Å². The Kier molecular flexibility index (Phi) is 6.54. The van der Waals surface area contributed by atoms with E-state index in [0.717, 1.165) is 35.8 Å². The molecule has 0 bridgehead atoms. The normalized spacial score (nSPS) is 13.7. The number of hydrogen-bond acceptors (Lipinski definition) is 6. The standard InChI is InChI=1S/C24H26N2O5/c1-29-24(28)21-5-4-6-22(23(21)25-11-2-3-12-25)26-15-20(16-26)31-19-9-7-18(8-10-19)17-30-14-13-27/h2-12,20,27H,13-17H2,1H3. The number of nitrogens with zero attached hydrogens (tertiary/aromatic N) is 2. The highest BCUT2D eigenvalue weighted by atomic mass is 16.5. The summed E-state index contributed by atoms with van der Waals surface area (Å²) in [6.45, 7) is 2.27. The zero-order chi connectivity index (χ0) is 21.6. The number of benzene rings is 2. The van der Waals surface area contributed by atoms with Crippen molar-refractivity contribution >= 4 is 11.7 Å². The Morgan fingerprint density at radius 3 is 2.48 bits per heavy atom. The molecule has 3 aromatic rings. The lowest BCUT2D eigenvalue weighted by atomic mass is 10.1. The molecule has 1 aliphatic heterocycles. The maximum absolute atomic E-state index is 12.3. The van der Waals surface area contributed by atoms with Gasteiger partial charge in [0.05, 0.1) is 57.0 Å². The Labute approximate surface area is 181 Å². The fourth-order valence-corrected chi connectivity index (χ4v) is 3.64. The molecule has 162 valence electrons. The van der Waals surface area contributed by atoms with Crippen LogP contribution >= 0.6 is 0 Å². The van der Waals surface area contributed by atoms with Crippen LogP contribution in [-0.4, -0.2) is 55.2 Å². The second-order valence-corrected chi connectivity index (χ2v) is 7.32. The van der Waals surface area contributed by atoms with Gasteiger partial charge in [-0.25, -0.2) is 4.79 Å². The summed E-state index contributed by atoms with van der Waals surface area (Å²) in [5.74, 6) is 0.450. The minimum absolute atomic E-state index is 0.0218. The number of carbonyl (C=O) groups is 1. The number of para-hydroxylation sites is 1. The number of aliphatic hydroxyl groups excluding tert-OH is 1. The first-order chi connectivity index (χ1) is 15.2. The van der Waals surface area contributed by atoms with E-state index in [1.54, 1.807) is 6.07 Å². The van der Waals surface area contributed by atoms with Gasteiger partial charge in [0, 0.05) is 12.4 Å². The Balaban J connectivity index is 1.43. The van der Waals surface area contributed by atoms with Crippen LogP contribution in [0.15, 0.2) is 67.0 Å². The number of hydrogen-bond donors (Lipinski definition) is 1. The SMILES string of the molecule is COC(=O)c1cccc(N2CC(Oc3ccc(COCCO)cc3)C2)c1-n1cccc1. The fraction of sp³-hybridized carbons (Fsp3) is 0.292. The van der Waals surface area contributed by atoms with Crippen molar-refractivity contribution in [1.82, 2.24) is 4.57 Å². The summed E-state index contributed by atoms with van der Waals surface area (Å²) in [5.41, 5.74) is 3.34. The number of aromatic nitrogens is 1. The highest BCUT2D eigenvalue weighted by molar-refractivity contribution is 5.96. The smallest absolute Gasteiger partial charge is 0.340 e. The molecule has 1 aliphatic rings. The lowest BCUT2D eigenvalue weighted by Gasteiger charge is -2.41. The molecular weight excluding hydrogens is 396 g/mol. The maximum Gasteiger partial charge on any atom is 0.340 e. The second kappa shape index (κ2) is 9.68. The van der Waals surface area contributed by atoms with Crippen molar-refractivity contribution in [2.24, 2.45) is 0 Å². The first-order valence-corrected chi connectivity index (χ1v) is 10.2. The van der Waals surface area contributed by atoms with Crippen LogP contribution in [0, 0.1) is 0 Å². The Morgan fingerprint density at radius 2 is 1.81 bits per heavy atom. The number of rotatable bonds is 9. The molecule has 0 radical (unpaired) electrons. The zero-order valence-corrected chi connectivity index (χ0v) is 17.4. The van der Waals surface area contributed by atoms with Gasteiger partial charge in [0.15, 0.2) is 0 Å². The molecule has 0 amide bonds. The number of anilines is 1. The van der Waals surface area contributed by atoms with Crippen molar-refractivity contribution in [2.75, 3.05) is 38.3 Å². The first kappa shape index (κ1) is 21.0. The number of esters is 1. The van der Waals surface area contributed by atoms with E-state index in [1.807, 2.05) is 65.5 Å². The number of methoxy groups -OCH3 is 1. The fourth-order valence-electron chi connectivity index (χ4n) is 3.64. The highest BCUT2D eigenvalue weighted by Gasteiger charge is 2.32. The molecule has 1 fully saturated rings. The minimum Gasteiger partial charge on any atom is -0.487 e. The van der Waals surface area contributed by atoms with Crippen LogP contribution in [0.4, 0.5) is 5.69 Å². The van der Waals surface area contributed by atoms with Gasteiger partial charge in [-0.15, -0.1) is 0 Å². The summed E-state index contributed by atoms with van der Waals surface area (Å²) in [6, 6.07) is 17.3. The molecule has 1 aromatic heterocycles. The third-order valence-corrected chi connectivity index (χ3v) is 5.20. The van der Waals surface area contributed by atoms with Gasteiger partial charge in [0.2, 0.25) is 0 Å². The average molecular weight is 422 g/mol. The molecule has 1 N–H and O–H groups in total. The van der Waals surface area contributed by atoms with Crippen LogP contribution in [0.3, 0.4) is 0 Å². The van der Waals surface area contributed by atoms with Crippen molar-refractivity contribution in [3.63, 3.8) is 0 Å². The predicted molar refractivity (Wildman–Crippen MR) is 117 cm³/mol. The van der Waals surface area contributed by atoms with Gasteiger partial charge in [-0.3, -0.25) is 0 Å². The summed E-state index contributed by atoms with van der Waals surface area (Å²) >= 11 is 0. The van der Waals surface area contributed by atoms with Gasteiger partial charge in [0.25, 0.3) is 0 Å². The quantitative estimate of drug-likeness (QED) is 0.422. The average Bonchev–Trinajstić information content (AvgIpc) is 3.30. The number of aliphatic hydroxyl groups is 1. The van der Waals surface area contributed by atoms with Gasteiger partial charge >= 0.3 is 5.97 Å². The maximum atomic E-state index is 12.3. The third kappa shape index (κ3) is 4.73. The summed E-state index contributed by atoms with van der Waals surface area (Å²) in [7, 11) is 1.39. The van der Waals surface area contributed by atoms with Crippen molar-refractivity contribution in [3.05, 3.63) is 78.1 Å². The van der Waals surface area contributed by atoms with Crippen LogP contribution < -0.4 is 9.64 Å². The molecule has 7 nitrogen and oxygen atoms in total. The third-order valence-electron chi connectivity index (χ3n) is 5.20. The summed E-state index contributed by atoms with van der Waals surface area (Å²) in [6.07, 6.45) is 3.91. The molecule has 0 spiro atoms. The monoisotopic (exact) mass is 422 g/mol. The van der Waals surface area contributed by atoms with Crippen LogP contribution in [0.5, 0.6) is 5.75 Å². The topological polar surface area (TPSA) is 73.2 Å². The molecule has 1 saturated heterocycles. The Morgan fingerprint density at radius 1 is 1.06 bits per heavy atom. The predicted octanol–water partition coefficient (Wildman–Crippen LogP) is 3.04. The van der Waals surface area contributed by atoms with Gasteiger partial charge in [-0.2, -0.15) is 0 Å². The first-order valence-electron chi connectivity index (χ1n) is 10.2. The van der Waals surface area contributed by atoms with Crippen LogP contribution in [0.25, 0.3) is 5.69 Å². The van der Waals surface area contributed by atoms with Crippen molar-refractivity contribution in [3.8, 4) is 11.4 Å². The van der Waals surface area contributed by atoms with E-state index in [9.17, 15) is 4.79 Å². The van der Waals surface area contributed by atoms with E-state index in [1.165, 1.54) is 7.11 Å². The summed E-state index contributed by atoms with van der Waals surface area (Å²) in [5, 5.41) is 8.78. The number of carbonyl (C=O) groups excluding carboxylic acids is 1. The van der Waals surface area contributed by atoms with Crippen molar-refractivity contribution in [1.29, 1.82) is 0 Å². The summed E-state index contributed by atoms with van der Waals surface area (Å²) in [4.78, 5) is 14.5. The van der Waals surface area contributed by atoms with E-state index < -0.39 is 0 Å². The zero-order valence-electron chi connectivity index (χ0n) is 17.4. The molecule has 0 unspecified atom stereocenters. The van der Waals surface area contributed by atoms with Gasteiger partial charge < -0.3 is 28.8 Å². The van der Waals surface area contributed by atoms with Crippen molar-refractivity contribution < 1.29 is 24.1 Å². The summed E-state index contributed by atoms with van der Waals surface area (Å²) < 4.78 is 18.3. The highest BCUT2D eigenvalue weighted by Crippen LogP contribution is 2.33. The van der Waals surface area contributed by atoms with E-state index in [2.05, 4.69) is 4.90 Å². The largest absolute Gasteiger partial charge is 0.487 e. The molecule has 31 heavy (non-hydrogen) atoms. The van der Waals surface area contributed by atoms with E-state index >= 15 is 0 Å². The lowest BCUT2D eigenvalue weighted by molar-refractivity contribution is 0.0600. The van der Waals surface area contributed by atoms with E-state index in [0.29, 0.717) is 18.8 Å². The molecule has 0 aliphatic carbocycles. The Bertz CT molecular complexity index is 995. The molecule has 0 saturated carbocycles. The van der Waals surface area contributed by atoms with Crippen LogP contribution in [-0.2, 0) is 16.1 Å². The van der Waals surface area contributed by atoms with E-state index in [-0.39, 0.29) is 18.7 Å². The van der Waals surface area contributed by atoms with Crippen LogP contribution in [0.2, 0.25) is 0 Å². The molecule has 4 rings (SSSR count). The molecule has 2 heterocycles. The molecular formula is C24H26N2O5. The second-order valence-electron chi connectivity index (χ2n) is 7.32. The van der Waals surface area contributed by atoms with Crippen LogP contribution in [0.1, 0.15) is 15.9 Å². The van der Waals surface area contributed by atoms with Crippen molar-refractivity contribution in [2.45, 2.75) is 12.7 Å². The molecule has 7 heteroatoms. The number of ether oxygens (including phenoxy) is 3.